The predicted molar refractivity (Wildman–Crippen MR) is 74.4 cm³/mol. The van der Waals surface area contributed by atoms with Crippen LogP contribution in [0.15, 0.2) is 23.1 Å². The molecule has 0 amide bonds. The fourth-order valence-corrected chi connectivity index (χ4v) is 3.23. The second-order valence-corrected chi connectivity index (χ2v) is 6.77. The van der Waals surface area contributed by atoms with Gasteiger partial charge in [-0.1, -0.05) is 19.1 Å². The second-order valence-electron chi connectivity index (χ2n) is 4.76. The number of nitrogens with one attached hydrogen (secondary N) is 1. The first-order chi connectivity index (χ1) is 9.58. The number of nitrogens with zero attached hydrogens (tertiary/aromatic N) is 1. The van der Waals surface area contributed by atoms with E-state index < -0.39 is 22.7 Å². The van der Waals surface area contributed by atoms with Gasteiger partial charge in [0.2, 0.25) is 10.0 Å². The van der Waals surface area contributed by atoms with Gasteiger partial charge in [0.15, 0.2) is 0 Å². The summed E-state index contributed by atoms with van der Waals surface area (Å²) in [4.78, 5) is -0.0929. The first-order valence-corrected chi connectivity index (χ1v) is 7.85. The Kier molecular flexibility index (Phi) is 5.77. The molecule has 0 spiro atoms. The molecule has 0 bridgehead atoms. The van der Waals surface area contributed by atoms with Crippen molar-refractivity contribution in [1.82, 2.24) is 9.62 Å². The summed E-state index contributed by atoms with van der Waals surface area (Å²) in [6, 6.07) is 4.77. The lowest BCUT2D eigenvalue weighted by Gasteiger charge is -2.20. The zero-order valence-electron chi connectivity index (χ0n) is 12.2. The number of rotatable bonds is 6. The Morgan fingerprint density at radius 3 is 2.43 bits per heavy atom. The van der Waals surface area contributed by atoms with Crippen molar-refractivity contribution in [3.63, 3.8) is 0 Å². The lowest BCUT2D eigenvalue weighted by Crippen LogP contribution is -2.36. The highest BCUT2D eigenvalue weighted by molar-refractivity contribution is 7.89. The van der Waals surface area contributed by atoms with Gasteiger partial charge in [-0.2, -0.15) is 17.5 Å². The van der Waals surface area contributed by atoms with Gasteiger partial charge in [-0.05, 0) is 30.7 Å². The molecule has 0 atom stereocenters. The zero-order chi connectivity index (χ0) is 16.3. The van der Waals surface area contributed by atoms with E-state index in [1.54, 1.807) is 19.1 Å². The Morgan fingerprint density at radius 1 is 1.29 bits per heavy atom. The molecule has 1 aromatic rings. The summed E-state index contributed by atoms with van der Waals surface area (Å²) in [6.07, 6.45) is -4.57. The van der Waals surface area contributed by atoms with Crippen LogP contribution in [0, 0.1) is 6.92 Å². The van der Waals surface area contributed by atoms with Gasteiger partial charge in [-0.25, -0.2) is 8.42 Å². The van der Waals surface area contributed by atoms with E-state index in [2.05, 4.69) is 5.32 Å². The largest absolute Gasteiger partial charge is 0.402 e. The van der Waals surface area contributed by atoms with Crippen LogP contribution in [-0.4, -0.2) is 39.0 Å². The number of hydrogen-bond acceptors (Lipinski definition) is 3. The summed E-state index contributed by atoms with van der Waals surface area (Å²) < 4.78 is 62.0. The zero-order valence-corrected chi connectivity index (χ0v) is 13.0. The minimum Gasteiger partial charge on any atom is -0.313 e. The molecule has 0 aliphatic rings. The van der Waals surface area contributed by atoms with E-state index in [0.717, 1.165) is 7.05 Å². The van der Waals surface area contributed by atoms with Crippen molar-refractivity contribution in [3.05, 3.63) is 29.3 Å². The Hall–Kier alpha value is -1.12. The van der Waals surface area contributed by atoms with E-state index in [-0.39, 0.29) is 4.90 Å². The molecule has 0 unspecified atom stereocenters. The Labute approximate surface area is 123 Å². The SMILES string of the molecule is CCNCc1ccc(C)c(S(=O)(=O)N(C)CC(F)(F)F)c1. The van der Waals surface area contributed by atoms with Crippen LogP contribution in [0.4, 0.5) is 13.2 Å². The second kappa shape index (κ2) is 6.76. The van der Waals surface area contributed by atoms with Crippen molar-refractivity contribution in [2.24, 2.45) is 0 Å². The first-order valence-electron chi connectivity index (χ1n) is 6.41. The molecule has 1 aromatic carbocycles. The van der Waals surface area contributed by atoms with Gasteiger partial charge in [0.05, 0.1) is 4.90 Å². The lowest BCUT2D eigenvalue weighted by atomic mass is 10.1. The van der Waals surface area contributed by atoms with E-state index >= 15 is 0 Å². The third-order valence-corrected chi connectivity index (χ3v) is 4.87. The molecule has 0 heterocycles. The Bertz CT molecular complexity index is 586. The van der Waals surface area contributed by atoms with Gasteiger partial charge in [0.25, 0.3) is 0 Å². The summed E-state index contributed by atoms with van der Waals surface area (Å²) >= 11 is 0. The molecule has 0 saturated carbocycles. The van der Waals surface area contributed by atoms with E-state index in [9.17, 15) is 21.6 Å². The Balaban J connectivity index is 3.12. The van der Waals surface area contributed by atoms with Crippen molar-refractivity contribution in [2.45, 2.75) is 31.5 Å². The van der Waals surface area contributed by atoms with Gasteiger partial charge in [-0.15, -0.1) is 0 Å². The fourth-order valence-electron chi connectivity index (χ4n) is 1.81. The third kappa shape index (κ3) is 4.98. The van der Waals surface area contributed by atoms with Crippen LogP contribution in [0.3, 0.4) is 0 Å². The maximum Gasteiger partial charge on any atom is 0.402 e. The molecule has 0 aliphatic heterocycles. The third-order valence-electron chi connectivity index (χ3n) is 2.92. The molecule has 1 N–H and O–H groups in total. The number of alkyl halides is 3. The standard InChI is InChI=1S/C13H19F3N2O2S/c1-4-17-8-11-6-5-10(2)12(7-11)21(19,20)18(3)9-13(14,15)16/h5-7,17H,4,8-9H2,1-3H3. The van der Waals surface area contributed by atoms with Gasteiger partial charge in [-0.3, -0.25) is 0 Å². The van der Waals surface area contributed by atoms with Crippen molar-refractivity contribution < 1.29 is 21.6 Å². The van der Waals surface area contributed by atoms with Crippen LogP contribution < -0.4 is 5.32 Å². The minimum absolute atomic E-state index is 0.0929. The van der Waals surface area contributed by atoms with Crippen LogP contribution in [0.25, 0.3) is 0 Å². The molecule has 0 aliphatic carbocycles. The summed E-state index contributed by atoms with van der Waals surface area (Å²) in [6.45, 7) is 3.13. The monoisotopic (exact) mass is 324 g/mol. The molecule has 21 heavy (non-hydrogen) atoms. The van der Waals surface area contributed by atoms with Crippen molar-refractivity contribution >= 4 is 10.0 Å². The van der Waals surface area contributed by atoms with Crippen LogP contribution >= 0.6 is 0 Å². The maximum atomic E-state index is 12.4. The molecule has 120 valence electrons. The average molecular weight is 324 g/mol. The van der Waals surface area contributed by atoms with Gasteiger partial charge < -0.3 is 5.32 Å². The number of benzene rings is 1. The number of halogens is 3. The van der Waals surface area contributed by atoms with Gasteiger partial charge >= 0.3 is 6.18 Å². The first kappa shape index (κ1) is 17.9. The lowest BCUT2D eigenvalue weighted by molar-refractivity contribution is -0.134. The van der Waals surface area contributed by atoms with Crippen molar-refractivity contribution in [1.29, 1.82) is 0 Å². The molecule has 0 fully saturated rings. The molecular weight excluding hydrogens is 305 g/mol. The van der Waals surface area contributed by atoms with Crippen LogP contribution in [0.2, 0.25) is 0 Å². The summed E-state index contributed by atoms with van der Waals surface area (Å²) in [5.41, 5.74) is 1.13. The highest BCUT2D eigenvalue weighted by atomic mass is 32.2. The normalized spacial score (nSPS) is 12.9. The molecule has 4 nitrogen and oxygen atoms in total. The van der Waals surface area contributed by atoms with Crippen molar-refractivity contribution in [3.8, 4) is 0 Å². The Morgan fingerprint density at radius 2 is 1.90 bits per heavy atom. The molecule has 0 radical (unpaired) electrons. The van der Waals surface area contributed by atoms with E-state index in [1.165, 1.54) is 6.07 Å². The van der Waals surface area contributed by atoms with Crippen molar-refractivity contribution in [2.75, 3.05) is 20.1 Å². The van der Waals surface area contributed by atoms with Gasteiger partial charge in [0.1, 0.15) is 6.54 Å². The molecule has 0 aromatic heterocycles. The average Bonchev–Trinajstić information content (AvgIpc) is 2.35. The molecule has 8 heteroatoms. The van der Waals surface area contributed by atoms with E-state index in [1.807, 2.05) is 6.92 Å². The van der Waals surface area contributed by atoms with Crippen LogP contribution in [0.1, 0.15) is 18.1 Å². The highest BCUT2D eigenvalue weighted by Crippen LogP contribution is 2.24. The number of aryl methyl sites for hydroxylation is 1. The fraction of sp³-hybridized carbons (Fsp3) is 0.538. The quantitative estimate of drug-likeness (QED) is 0.873. The number of hydrogen-bond donors (Lipinski definition) is 1. The molecule has 0 saturated heterocycles. The number of sulfonamides is 1. The van der Waals surface area contributed by atoms with E-state index in [0.29, 0.717) is 28.5 Å². The molecular formula is C13H19F3N2O2S. The highest BCUT2D eigenvalue weighted by Gasteiger charge is 2.35. The van der Waals surface area contributed by atoms with Crippen LogP contribution in [-0.2, 0) is 16.6 Å². The van der Waals surface area contributed by atoms with Crippen LogP contribution in [0.5, 0.6) is 0 Å². The maximum absolute atomic E-state index is 12.4. The predicted octanol–water partition coefficient (Wildman–Crippen LogP) is 2.29. The summed E-state index contributed by atoms with van der Waals surface area (Å²) in [5.74, 6) is 0. The van der Waals surface area contributed by atoms with E-state index in [4.69, 9.17) is 0 Å². The summed E-state index contributed by atoms with van der Waals surface area (Å²) in [5, 5.41) is 3.04. The minimum atomic E-state index is -4.57. The topological polar surface area (TPSA) is 49.4 Å². The smallest absolute Gasteiger partial charge is 0.313 e. The molecule has 1 rings (SSSR count). The summed E-state index contributed by atoms with van der Waals surface area (Å²) in [7, 11) is -3.24. The van der Waals surface area contributed by atoms with Gasteiger partial charge in [0, 0.05) is 13.6 Å².